The molecule has 0 amide bonds. The molecule has 0 N–H and O–H groups in total. The minimum Gasteiger partial charge on any atom is -0.356 e. The van der Waals surface area contributed by atoms with Crippen molar-refractivity contribution in [2.75, 3.05) is 26.2 Å². The first-order chi connectivity index (χ1) is 13.9. The van der Waals surface area contributed by atoms with Crippen LogP contribution in [-0.4, -0.2) is 48.5 Å². The number of rotatable bonds is 7. The van der Waals surface area contributed by atoms with E-state index in [1.54, 1.807) is 23.6 Å². The molecule has 2 aromatic heterocycles. The first kappa shape index (κ1) is 20.7. The average Bonchev–Trinajstić information content (AvgIpc) is 3.38. The second kappa shape index (κ2) is 8.69. The first-order valence-corrected chi connectivity index (χ1v) is 12.1. The maximum Gasteiger partial charge on any atom is 0.265 e. The highest BCUT2D eigenvalue weighted by Gasteiger charge is 2.26. The Morgan fingerprint density at radius 2 is 2.10 bits per heavy atom. The van der Waals surface area contributed by atoms with Crippen LogP contribution in [0, 0.1) is 5.82 Å². The summed E-state index contributed by atoms with van der Waals surface area (Å²) in [6.07, 6.45) is 2.51. The predicted molar refractivity (Wildman–Crippen MR) is 111 cm³/mol. The fourth-order valence-electron chi connectivity index (χ4n) is 3.70. The highest BCUT2D eigenvalue weighted by molar-refractivity contribution is 7.92. The summed E-state index contributed by atoms with van der Waals surface area (Å²) >= 11 is 7.19. The molecular weight excluding hydrogens is 437 g/mol. The molecule has 1 fully saturated rings. The monoisotopic (exact) mass is 457 g/mol. The van der Waals surface area contributed by atoms with Gasteiger partial charge in [0.15, 0.2) is 5.58 Å². The summed E-state index contributed by atoms with van der Waals surface area (Å²) in [7, 11) is -3.61. The van der Waals surface area contributed by atoms with E-state index >= 15 is 0 Å². The van der Waals surface area contributed by atoms with Crippen LogP contribution >= 0.6 is 23.1 Å². The van der Waals surface area contributed by atoms with E-state index in [9.17, 15) is 12.8 Å². The third-order valence-corrected chi connectivity index (χ3v) is 8.90. The number of hydrogen-bond donors (Lipinski definition) is 0. The van der Waals surface area contributed by atoms with Crippen LogP contribution in [0.15, 0.2) is 44.4 Å². The van der Waals surface area contributed by atoms with Crippen molar-refractivity contribution in [3.8, 4) is 0 Å². The quantitative estimate of drug-likeness (QED) is 0.490. The lowest BCUT2D eigenvalue weighted by atomic mass is 9.91. The molecule has 0 radical (unpaired) electrons. The number of hydrogen-bond acceptors (Lipinski definition) is 6. The molecule has 29 heavy (non-hydrogen) atoms. The van der Waals surface area contributed by atoms with E-state index in [0.29, 0.717) is 12.0 Å². The summed E-state index contributed by atoms with van der Waals surface area (Å²) in [5.74, 6) is -0.0499. The molecule has 0 bridgehead atoms. The first-order valence-electron chi connectivity index (χ1n) is 9.44. The Morgan fingerprint density at radius 1 is 1.31 bits per heavy atom. The van der Waals surface area contributed by atoms with Gasteiger partial charge in [0, 0.05) is 23.9 Å². The third-order valence-electron chi connectivity index (χ3n) is 5.25. The largest absolute Gasteiger partial charge is 0.356 e. The van der Waals surface area contributed by atoms with Gasteiger partial charge in [-0.2, -0.15) is 0 Å². The Hall–Kier alpha value is -1.52. The Kier molecular flexibility index (Phi) is 6.21. The lowest BCUT2D eigenvalue weighted by Crippen LogP contribution is -2.35. The zero-order valence-electron chi connectivity index (χ0n) is 15.6. The second-order valence-corrected chi connectivity index (χ2v) is 10.8. The van der Waals surface area contributed by atoms with Gasteiger partial charge in [-0.3, -0.25) is 0 Å². The van der Waals surface area contributed by atoms with Crippen molar-refractivity contribution >= 4 is 44.1 Å². The zero-order chi connectivity index (χ0) is 20.4. The summed E-state index contributed by atoms with van der Waals surface area (Å²) in [6.45, 7) is 2.82. The van der Waals surface area contributed by atoms with E-state index in [1.165, 1.54) is 12.1 Å². The lowest BCUT2D eigenvalue weighted by molar-refractivity contribution is 0.205. The molecule has 0 saturated carbocycles. The van der Waals surface area contributed by atoms with Crippen molar-refractivity contribution in [3.05, 3.63) is 47.2 Å². The number of benzene rings is 1. The van der Waals surface area contributed by atoms with Gasteiger partial charge >= 0.3 is 0 Å². The Balaban J connectivity index is 1.27. The van der Waals surface area contributed by atoms with Crippen LogP contribution < -0.4 is 0 Å². The topological polar surface area (TPSA) is 66.7 Å². The third kappa shape index (κ3) is 4.49. The fraction of sp³-hybridized carbons (Fsp3) is 0.421. The molecule has 0 aliphatic carbocycles. The van der Waals surface area contributed by atoms with Crippen LogP contribution in [0.1, 0.15) is 30.9 Å². The van der Waals surface area contributed by atoms with Crippen molar-refractivity contribution in [2.45, 2.75) is 29.4 Å². The Bertz CT molecular complexity index is 1060. The molecule has 1 aliphatic heterocycles. The van der Waals surface area contributed by atoms with Gasteiger partial charge < -0.3 is 9.42 Å². The average molecular weight is 458 g/mol. The number of piperidine rings is 1. The zero-order valence-corrected chi connectivity index (χ0v) is 18.0. The SMILES string of the molecule is O=S(=O)(c1cccs1)N(Cl)CCCN1CCC(c2noc3cc(F)ccc23)CC1. The van der Waals surface area contributed by atoms with E-state index in [-0.39, 0.29) is 22.5 Å². The number of likely N-dealkylation sites (tertiary alicyclic amines) is 1. The predicted octanol–water partition coefficient (Wildman–Crippen LogP) is 4.44. The summed E-state index contributed by atoms with van der Waals surface area (Å²) < 4.78 is 44.4. The van der Waals surface area contributed by atoms with Crippen LogP contribution in [0.2, 0.25) is 0 Å². The van der Waals surface area contributed by atoms with Crippen molar-refractivity contribution < 1.29 is 17.3 Å². The van der Waals surface area contributed by atoms with Gasteiger partial charge in [0.1, 0.15) is 10.0 Å². The molecule has 0 spiro atoms. The number of nitrogens with zero attached hydrogens (tertiary/aromatic N) is 3. The van der Waals surface area contributed by atoms with E-state index in [0.717, 1.165) is 58.7 Å². The normalized spacial score (nSPS) is 16.8. The van der Waals surface area contributed by atoms with Crippen LogP contribution in [0.4, 0.5) is 4.39 Å². The molecule has 4 rings (SSSR count). The lowest BCUT2D eigenvalue weighted by Gasteiger charge is -2.31. The Labute approximate surface area is 178 Å². The van der Waals surface area contributed by atoms with Gasteiger partial charge in [0.2, 0.25) is 0 Å². The minimum atomic E-state index is -3.61. The summed E-state index contributed by atoms with van der Waals surface area (Å²) in [5.41, 5.74) is 1.38. The fourth-order valence-corrected chi connectivity index (χ4v) is 6.35. The van der Waals surface area contributed by atoms with Crippen LogP contribution in [0.5, 0.6) is 0 Å². The van der Waals surface area contributed by atoms with Crippen LogP contribution in [0.3, 0.4) is 0 Å². The maximum absolute atomic E-state index is 13.3. The van der Waals surface area contributed by atoms with Crippen molar-refractivity contribution in [2.24, 2.45) is 0 Å². The smallest absolute Gasteiger partial charge is 0.265 e. The van der Waals surface area contributed by atoms with E-state index in [2.05, 4.69) is 10.1 Å². The van der Waals surface area contributed by atoms with E-state index in [4.69, 9.17) is 16.3 Å². The summed E-state index contributed by atoms with van der Waals surface area (Å²) in [5, 5.41) is 6.77. The molecule has 10 heteroatoms. The van der Waals surface area contributed by atoms with Gasteiger partial charge in [-0.25, -0.2) is 12.8 Å². The van der Waals surface area contributed by atoms with Crippen LogP contribution in [0.25, 0.3) is 11.0 Å². The van der Waals surface area contributed by atoms with Crippen molar-refractivity contribution in [1.29, 1.82) is 0 Å². The van der Waals surface area contributed by atoms with Crippen LogP contribution in [-0.2, 0) is 10.0 Å². The number of aromatic nitrogens is 1. The molecular formula is C19H21ClFN3O3S2. The summed E-state index contributed by atoms with van der Waals surface area (Å²) in [4.78, 5) is 2.31. The summed E-state index contributed by atoms with van der Waals surface area (Å²) in [6, 6.07) is 7.78. The maximum atomic E-state index is 13.3. The number of sulfonamides is 1. The molecule has 0 unspecified atom stereocenters. The minimum absolute atomic E-state index is 0.257. The van der Waals surface area contributed by atoms with Gasteiger partial charge in [0.05, 0.1) is 5.69 Å². The van der Waals surface area contributed by atoms with Gasteiger partial charge in [-0.1, -0.05) is 11.2 Å². The number of fused-ring (bicyclic) bond motifs is 1. The van der Waals surface area contributed by atoms with Crippen molar-refractivity contribution in [1.82, 2.24) is 13.9 Å². The molecule has 1 aliphatic rings. The second-order valence-electron chi connectivity index (χ2n) is 7.13. The Morgan fingerprint density at radius 3 is 2.83 bits per heavy atom. The highest BCUT2D eigenvalue weighted by atomic mass is 35.5. The van der Waals surface area contributed by atoms with E-state index < -0.39 is 10.0 Å². The standard InChI is InChI=1S/C19H21ClFN3O3S2/c20-24(29(25,26)18-3-1-12-28-18)9-2-8-23-10-6-14(7-11-23)19-16-5-4-15(21)13-17(16)27-22-19/h1,3-5,12-14H,2,6-11H2. The molecule has 1 aromatic carbocycles. The number of thiophene rings is 1. The van der Waals surface area contributed by atoms with E-state index in [1.807, 2.05) is 0 Å². The molecule has 1 saturated heterocycles. The van der Waals surface area contributed by atoms with Crippen molar-refractivity contribution in [3.63, 3.8) is 0 Å². The molecule has 3 aromatic rings. The molecule has 3 heterocycles. The molecule has 156 valence electrons. The highest BCUT2D eigenvalue weighted by Crippen LogP contribution is 2.33. The number of halogens is 2. The molecule has 6 nitrogen and oxygen atoms in total. The van der Waals surface area contributed by atoms with Gasteiger partial charge in [0.25, 0.3) is 10.0 Å². The molecule has 0 atom stereocenters. The van der Waals surface area contributed by atoms with Gasteiger partial charge in [-0.05, 0) is 74.3 Å². The van der Waals surface area contributed by atoms with Gasteiger partial charge in [-0.15, -0.1) is 15.2 Å².